The van der Waals surface area contributed by atoms with Crippen LogP contribution in [0.4, 0.5) is 0 Å². The van der Waals surface area contributed by atoms with Crippen molar-refractivity contribution in [3.8, 4) is 0 Å². The Labute approximate surface area is 105 Å². The summed E-state index contributed by atoms with van der Waals surface area (Å²) in [5.41, 5.74) is 0.203. The number of rotatable bonds is 4. The van der Waals surface area contributed by atoms with Crippen molar-refractivity contribution in [2.24, 2.45) is 23.2 Å². The highest BCUT2D eigenvalue weighted by molar-refractivity contribution is 5.90. The molecule has 0 bridgehead atoms. The van der Waals surface area contributed by atoms with Crippen LogP contribution in [0.2, 0.25) is 0 Å². The zero-order valence-corrected chi connectivity index (χ0v) is 11.9. The number of carbonyl (C=O) groups is 2. The van der Waals surface area contributed by atoms with Crippen LogP contribution < -0.4 is 0 Å². The van der Waals surface area contributed by atoms with Gasteiger partial charge in [0.15, 0.2) is 0 Å². The van der Waals surface area contributed by atoms with E-state index in [1.54, 1.807) is 0 Å². The third kappa shape index (κ3) is 3.17. The zero-order valence-electron chi connectivity index (χ0n) is 11.9. The maximum atomic E-state index is 12.0. The minimum Gasteiger partial charge on any atom is -0.299 e. The number of Topliss-reactive ketones (excluding diaryl/α,β-unsaturated/α-hetero) is 2. The molecule has 2 nitrogen and oxygen atoms in total. The molecule has 2 atom stereocenters. The summed E-state index contributed by atoms with van der Waals surface area (Å²) in [5, 5.41) is 0. The second kappa shape index (κ2) is 5.32. The van der Waals surface area contributed by atoms with Gasteiger partial charge in [-0.15, -0.1) is 0 Å². The molecule has 17 heavy (non-hydrogen) atoms. The Morgan fingerprint density at radius 3 is 1.53 bits per heavy atom. The molecule has 98 valence electrons. The maximum absolute atomic E-state index is 12.0. The van der Waals surface area contributed by atoms with Crippen LogP contribution in [0, 0.1) is 23.2 Å². The third-order valence-corrected chi connectivity index (χ3v) is 4.31. The summed E-state index contributed by atoms with van der Waals surface area (Å²) in [7, 11) is 0. The van der Waals surface area contributed by atoms with Gasteiger partial charge in [-0.05, 0) is 24.2 Å². The largest absolute Gasteiger partial charge is 0.299 e. The molecular formula is C15H26O2. The number of hydrogen-bond acceptors (Lipinski definition) is 2. The molecule has 1 rings (SSSR count). The molecule has 1 fully saturated rings. The van der Waals surface area contributed by atoms with E-state index < -0.39 is 0 Å². The zero-order chi connectivity index (χ0) is 13.2. The van der Waals surface area contributed by atoms with Crippen LogP contribution in [-0.2, 0) is 9.59 Å². The fraction of sp³-hybridized carbons (Fsp3) is 0.867. The van der Waals surface area contributed by atoms with E-state index in [-0.39, 0.29) is 28.8 Å². The van der Waals surface area contributed by atoms with Crippen LogP contribution in [0.5, 0.6) is 0 Å². The number of hydrogen-bond donors (Lipinski definition) is 0. The molecule has 2 heteroatoms. The van der Waals surface area contributed by atoms with Gasteiger partial charge in [0.1, 0.15) is 11.6 Å². The Morgan fingerprint density at radius 2 is 1.29 bits per heavy atom. The molecule has 0 aromatic rings. The van der Waals surface area contributed by atoms with Crippen molar-refractivity contribution in [3.05, 3.63) is 0 Å². The maximum Gasteiger partial charge on any atom is 0.136 e. The molecule has 1 saturated carbocycles. The van der Waals surface area contributed by atoms with E-state index in [1.807, 2.05) is 13.8 Å². The Hall–Kier alpha value is -0.660. The molecule has 0 aromatic heterocycles. The Morgan fingerprint density at radius 1 is 0.941 bits per heavy atom. The van der Waals surface area contributed by atoms with Gasteiger partial charge in [0.05, 0.1) is 0 Å². The first-order valence-electron chi connectivity index (χ1n) is 6.86. The fourth-order valence-electron chi connectivity index (χ4n) is 2.98. The third-order valence-electron chi connectivity index (χ3n) is 4.31. The summed E-state index contributed by atoms with van der Waals surface area (Å²) < 4.78 is 0. The molecule has 0 radical (unpaired) electrons. The predicted molar refractivity (Wildman–Crippen MR) is 69.8 cm³/mol. The first-order chi connectivity index (χ1) is 7.81. The normalized spacial score (nSPS) is 29.4. The lowest BCUT2D eigenvalue weighted by molar-refractivity contribution is -0.130. The van der Waals surface area contributed by atoms with E-state index in [1.165, 1.54) is 0 Å². The van der Waals surface area contributed by atoms with Crippen LogP contribution in [0.25, 0.3) is 0 Å². The molecule has 0 N–H and O–H groups in total. The van der Waals surface area contributed by atoms with E-state index in [9.17, 15) is 9.59 Å². The Bertz CT molecular complexity index is 275. The predicted octanol–water partition coefficient (Wildman–Crippen LogP) is 3.63. The van der Waals surface area contributed by atoms with Crippen LogP contribution in [0.3, 0.4) is 0 Å². The van der Waals surface area contributed by atoms with E-state index in [0.717, 1.165) is 12.8 Å². The molecular weight excluding hydrogens is 212 g/mol. The van der Waals surface area contributed by atoms with E-state index >= 15 is 0 Å². The van der Waals surface area contributed by atoms with E-state index in [2.05, 4.69) is 20.8 Å². The SMILES string of the molecule is CCC(=O)C1CC(C(C)(C)C)CC1C(=O)CC. The average molecular weight is 238 g/mol. The van der Waals surface area contributed by atoms with Crippen molar-refractivity contribution in [2.75, 3.05) is 0 Å². The van der Waals surface area contributed by atoms with Crippen molar-refractivity contribution in [2.45, 2.75) is 60.3 Å². The van der Waals surface area contributed by atoms with Crippen molar-refractivity contribution in [1.29, 1.82) is 0 Å². The standard InChI is InChI=1S/C15H26O2/c1-6-13(16)11-8-10(15(3,4)5)9-12(11)14(17)7-2/h10-12H,6-9H2,1-5H3. The molecule has 0 spiro atoms. The summed E-state index contributed by atoms with van der Waals surface area (Å²) >= 11 is 0. The topological polar surface area (TPSA) is 34.1 Å². The van der Waals surface area contributed by atoms with Gasteiger partial charge in [0.25, 0.3) is 0 Å². The number of carbonyl (C=O) groups excluding carboxylic acids is 2. The highest BCUT2D eigenvalue weighted by Crippen LogP contribution is 2.46. The summed E-state index contributed by atoms with van der Waals surface area (Å²) in [6, 6.07) is 0. The molecule has 0 aromatic carbocycles. The molecule has 2 unspecified atom stereocenters. The van der Waals surface area contributed by atoms with Crippen molar-refractivity contribution in [3.63, 3.8) is 0 Å². The summed E-state index contributed by atoms with van der Waals surface area (Å²) in [6.45, 7) is 10.4. The summed E-state index contributed by atoms with van der Waals surface area (Å²) in [6.07, 6.45) is 2.95. The van der Waals surface area contributed by atoms with Gasteiger partial charge < -0.3 is 0 Å². The monoisotopic (exact) mass is 238 g/mol. The lowest BCUT2D eigenvalue weighted by atomic mass is 9.79. The van der Waals surface area contributed by atoms with E-state index in [4.69, 9.17) is 0 Å². The highest BCUT2D eigenvalue weighted by atomic mass is 16.1. The van der Waals surface area contributed by atoms with Crippen LogP contribution in [0.1, 0.15) is 60.3 Å². The van der Waals surface area contributed by atoms with Crippen LogP contribution in [-0.4, -0.2) is 11.6 Å². The molecule has 0 heterocycles. The molecule has 1 aliphatic carbocycles. The lowest BCUT2D eigenvalue weighted by Gasteiger charge is -2.26. The van der Waals surface area contributed by atoms with Crippen molar-refractivity contribution in [1.82, 2.24) is 0 Å². The van der Waals surface area contributed by atoms with Gasteiger partial charge in [-0.25, -0.2) is 0 Å². The molecule has 0 saturated heterocycles. The Kier molecular flexibility index (Phi) is 4.51. The first kappa shape index (κ1) is 14.4. The molecule has 0 aliphatic heterocycles. The van der Waals surface area contributed by atoms with Gasteiger partial charge >= 0.3 is 0 Å². The average Bonchev–Trinajstić information content (AvgIpc) is 2.71. The molecule has 0 amide bonds. The van der Waals surface area contributed by atoms with Crippen LogP contribution >= 0.6 is 0 Å². The second-order valence-electron chi connectivity index (χ2n) is 6.39. The minimum absolute atomic E-state index is 0.00308. The highest BCUT2D eigenvalue weighted by Gasteiger charge is 2.44. The smallest absolute Gasteiger partial charge is 0.136 e. The van der Waals surface area contributed by atoms with Gasteiger partial charge in [-0.2, -0.15) is 0 Å². The molecule has 1 aliphatic rings. The van der Waals surface area contributed by atoms with Gasteiger partial charge in [-0.1, -0.05) is 34.6 Å². The van der Waals surface area contributed by atoms with Gasteiger partial charge in [0, 0.05) is 24.7 Å². The lowest BCUT2D eigenvalue weighted by Crippen LogP contribution is -2.24. The van der Waals surface area contributed by atoms with Crippen LogP contribution in [0.15, 0.2) is 0 Å². The van der Waals surface area contributed by atoms with Gasteiger partial charge in [0.2, 0.25) is 0 Å². The van der Waals surface area contributed by atoms with E-state index in [0.29, 0.717) is 18.8 Å². The fourth-order valence-corrected chi connectivity index (χ4v) is 2.98. The summed E-state index contributed by atoms with van der Waals surface area (Å²) in [5.74, 6) is 1.06. The minimum atomic E-state index is -0.00308. The Balaban J connectivity index is 2.87. The second-order valence-corrected chi connectivity index (χ2v) is 6.39. The van der Waals surface area contributed by atoms with Crippen molar-refractivity contribution < 1.29 is 9.59 Å². The summed E-state index contributed by atoms with van der Waals surface area (Å²) in [4.78, 5) is 23.9. The van der Waals surface area contributed by atoms with Gasteiger partial charge in [-0.3, -0.25) is 9.59 Å². The quantitative estimate of drug-likeness (QED) is 0.749. The van der Waals surface area contributed by atoms with Crippen molar-refractivity contribution >= 4 is 11.6 Å². The number of ketones is 2. The first-order valence-corrected chi connectivity index (χ1v) is 6.86.